The topological polar surface area (TPSA) is 68.7 Å². The van der Waals surface area contributed by atoms with Crippen molar-refractivity contribution in [2.75, 3.05) is 11.9 Å². The van der Waals surface area contributed by atoms with Crippen molar-refractivity contribution in [2.45, 2.75) is 26.7 Å². The van der Waals surface area contributed by atoms with E-state index in [1.165, 1.54) is 6.07 Å². The van der Waals surface area contributed by atoms with Gasteiger partial charge in [-0.25, -0.2) is 0 Å². The highest BCUT2D eigenvalue weighted by Gasteiger charge is 2.06. The van der Waals surface area contributed by atoms with E-state index in [-0.39, 0.29) is 5.56 Å². The van der Waals surface area contributed by atoms with Crippen molar-refractivity contribution in [1.82, 2.24) is 4.98 Å². The smallest absolute Gasteiger partial charge is 0.249 e. The number of aromatic nitrogens is 1. The summed E-state index contributed by atoms with van der Waals surface area (Å²) in [5, 5.41) is 12.0. The number of H-pyrrole nitrogens is 1. The van der Waals surface area contributed by atoms with Crippen LogP contribution in [0.4, 0.5) is 5.82 Å². The summed E-state index contributed by atoms with van der Waals surface area (Å²) in [6, 6.07) is 3.52. The van der Waals surface area contributed by atoms with E-state index in [1.54, 1.807) is 6.92 Å². The molecule has 0 bridgehead atoms. The van der Waals surface area contributed by atoms with Gasteiger partial charge < -0.3 is 10.3 Å². The van der Waals surface area contributed by atoms with Gasteiger partial charge in [0.05, 0.1) is 5.56 Å². The van der Waals surface area contributed by atoms with Gasteiger partial charge in [0.15, 0.2) is 0 Å². The van der Waals surface area contributed by atoms with E-state index in [0.29, 0.717) is 16.9 Å². The summed E-state index contributed by atoms with van der Waals surface area (Å²) in [4.78, 5) is 13.8. The Kier molecular flexibility index (Phi) is 3.92. The van der Waals surface area contributed by atoms with Crippen LogP contribution in [0.3, 0.4) is 0 Å². The lowest BCUT2D eigenvalue weighted by atomic mass is 10.1. The Morgan fingerprint density at radius 1 is 1.60 bits per heavy atom. The summed E-state index contributed by atoms with van der Waals surface area (Å²) in [7, 11) is 0. The molecule has 0 aliphatic carbocycles. The second-order valence-corrected chi connectivity index (χ2v) is 3.46. The first-order valence-corrected chi connectivity index (χ1v) is 5.07. The lowest BCUT2D eigenvalue weighted by molar-refractivity contribution is 0.830. The molecule has 0 aliphatic heterocycles. The number of pyridine rings is 1. The molecule has 0 unspecified atom stereocenters. The van der Waals surface area contributed by atoms with Gasteiger partial charge in [0.2, 0.25) is 5.56 Å². The Labute approximate surface area is 88.9 Å². The van der Waals surface area contributed by atoms with Crippen LogP contribution < -0.4 is 10.9 Å². The molecular formula is C11H15N3O. The molecule has 1 heterocycles. The third-order valence-electron chi connectivity index (χ3n) is 2.18. The maximum absolute atomic E-state index is 11.2. The van der Waals surface area contributed by atoms with Crippen molar-refractivity contribution in [3.8, 4) is 6.07 Å². The van der Waals surface area contributed by atoms with Crippen molar-refractivity contribution in [3.63, 3.8) is 0 Å². The third-order valence-corrected chi connectivity index (χ3v) is 2.18. The fourth-order valence-electron chi connectivity index (χ4n) is 1.35. The van der Waals surface area contributed by atoms with Gasteiger partial charge in [-0.15, -0.1) is 0 Å². The molecule has 0 saturated heterocycles. The summed E-state index contributed by atoms with van der Waals surface area (Å²) in [5.41, 5.74) is 1.05. The normalized spacial score (nSPS) is 9.67. The molecule has 15 heavy (non-hydrogen) atoms. The zero-order chi connectivity index (χ0) is 11.3. The summed E-state index contributed by atoms with van der Waals surface area (Å²) in [6.07, 6.45) is 2.09. The molecule has 1 rings (SSSR count). The third kappa shape index (κ3) is 2.84. The van der Waals surface area contributed by atoms with Gasteiger partial charge in [-0.1, -0.05) is 13.3 Å². The highest BCUT2D eigenvalue weighted by Crippen LogP contribution is 2.12. The number of hydrogen-bond donors (Lipinski definition) is 2. The van der Waals surface area contributed by atoms with E-state index in [4.69, 9.17) is 5.26 Å². The van der Waals surface area contributed by atoms with Crippen molar-refractivity contribution in [3.05, 3.63) is 27.5 Å². The second-order valence-electron chi connectivity index (χ2n) is 3.46. The molecule has 0 radical (unpaired) electrons. The van der Waals surface area contributed by atoms with Crippen molar-refractivity contribution < 1.29 is 0 Å². The van der Waals surface area contributed by atoms with E-state index in [1.807, 2.05) is 0 Å². The highest BCUT2D eigenvalue weighted by atomic mass is 16.1. The van der Waals surface area contributed by atoms with Gasteiger partial charge in [-0.2, -0.15) is 5.26 Å². The van der Waals surface area contributed by atoms with E-state index in [2.05, 4.69) is 23.3 Å². The van der Waals surface area contributed by atoms with Crippen LogP contribution in [0.1, 0.15) is 30.9 Å². The highest BCUT2D eigenvalue weighted by molar-refractivity contribution is 5.55. The lowest BCUT2D eigenvalue weighted by Crippen LogP contribution is -2.13. The fraction of sp³-hybridized carbons (Fsp3) is 0.455. The van der Waals surface area contributed by atoms with Crippen LogP contribution in [-0.4, -0.2) is 11.5 Å². The molecule has 2 N–H and O–H groups in total. The van der Waals surface area contributed by atoms with Crippen LogP contribution in [0.5, 0.6) is 0 Å². The summed E-state index contributed by atoms with van der Waals surface area (Å²) >= 11 is 0. The number of nitrogens with zero attached hydrogens (tertiary/aromatic N) is 1. The summed E-state index contributed by atoms with van der Waals surface area (Å²) in [5.74, 6) is 0.538. The molecule has 0 fully saturated rings. The molecular weight excluding hydrogens is 190 g/mol. The standard InChI is InChI=1S/C11H15N3O/c1-3-4-5-13-11-9(7-12)8(2)6-10(15)14-11/h6H,3-5H2,1-2H3,(H2,13,14,15). The van der Waals surface area contributed by atoms with Crippen molar-refractivity contribution >= 4 is 5.82 Å². The second kappa shape index (κ2) is 5.20. The molecule has 1 aromatic heterocycles. The van der Waals surface area contributed by atoms with Gasteiger partial charge >= 0.3 is 0 Å². The van der Waals surface area contributed by atoms with Gasteiger partial charge in [-0.3, -0.25) is 4.79 Å². The van der Waals surface area contributed by atoms with Crippen LogP contribution in [0.25, 0.3) is 0 Å². The number of nitriles is 1. The monoisotopic (exact) mass is 205 g/mol. The minimum Gasteiger partial charge on any atom is -0.370 e. The molecule has 0 spiro atoms. The molecule has 80 valence electrons. The van der Waals surface area contributed by atoms with Gasteiger partial charge in [0, 0.05) is 12.6 Å². The Morgan fingerprint density at radius 3 is 2.93 bits per heavy atom. The van der Waals surface area contributed by atoms with Gasteiger partial charge in [0.1, 0.15) is 11.9 Å². The Balaban J connectivity index is 2.95. The maximum Gasteiger partial charge on any atom is 0.249 e. The molecule has 4 nitrogen and oxygen atoms in total. The number of nitrogens with one attached hydrogen (secondary N) is 2. The van der Waals surface area contributed by atoms with Gasteiger partial charge in [-0.05, 0) is 18.9 Å². The fourth-order valence-corrected chi connectivity index (χ4v) is 1.35. The predicted molar refractivity (Wildman–Crippen MR) is 59.9 cm³/mol. The van der Waals surface area contributed by atoms with Crippen LogP contribution in [0, 0.1) is 18.3 Å². The van der Waals surface area contributed by atoms with Crippen LogP contribution in [0.15, 0.2) is 10.9 Å². The quantitative estimate of drug-likeness (QED) is 0.736. The largest absolute Gasteiger partial charge is 0.370 e. The minimum atomic E-state index is -0.175. The Morgan fingerprint density at radius 2 is 2.33 bits per heavy atom. The predicted octanol–water partition coefficient (Wildman–Crippen LogP) is 1.77. The molecule has 0 aliphatic rings. The first kappa shape index (κ1) is 11.3. The zero-order valence-electron chi connectivity index (χ0n) is 9.05. The molecule has 4 heteroatoms. The van der Waals surface area contributed by atoms with E-state index < -0.39 is 0 Å². The van der Waals surface area contributed by atoms with Crippen LogP contribution in [-0.2, 0) is 0 Å². The summed E-state index contributed by atoms with van der Waals surface area (Å²) < 4.78 is 0. The summed E-state index contributed by atoms with van der Waals surface area (Å²) in [6.45, 7) is 4.62. The van der Waals surface area contributed by atoms with Crippen molar-refractivity contribution in [2.24, 2.45) is 0 Å². The number of aromatic amines is 1. The van der Waals surface area contributed by atoms with Crippen LogP contribution in [0.2, 0.25) is 0 Å². The van der Waals surface area contributed by atoms with Crippen LogP contribution >= 0.6 is 0 Å². The first-order valence-electron chi connectivity index (χ1n) is 5.07. The number of rotatable bonds is 4. The minimum absolute atomic E-state index is 0.175. The number of aryl methyl sites for hydroxylation is 1. The van der Waals surface area contributed by atoms with Gasteiger partial charge in [0.25, 0.3) is 0 Å². The average Bonchev–Trinajstić information content (AvgIpc) is 2.17. The number of unbranched alkanes of at least 4 members (excludes halogenated alkanes) is 1. The van der Waals surface area contributed by atoms with E-state index in [0.717, 1.165) is 19.4 Å². The molecule has 0 atom stereocenters. The maximum atomic E-state index is 11.2. The molecule has 0 aromatic carbocycles. The van der Waals surface area contributed by atoms with E-state index in [9.17, 15) is 4.79 Å². The lowest BCUT2D eigenvalue weighted by Gasteiger charge is -2.08. The zero-order valence-corrected chi connectivity index (χ0v) is 9.05. The SMILES string of the molecule is CCCCNc1[nH]c(=O)cc(C)c1C#N. The Bertz CT molecular complexity index is 428. The number of anilines is 1. The Hall–Kier alpha value is -1.76. The van der Waals surface area contributed by atoms with E-state index >= 15 is 0 Å². The number of hydrogen-bond acceptors (Lipinski definition) is 3. The molecule has 1 aromatic rings. The first-order chi connectivity index (χ1) is 7.19. The van der Waals surface area contributed by atoms with Crippen molar-refractivity contribution in [1.29, 1.82) is 5.26 Å². The average molecular weight is 205 g/mol. The molecule has 0 amide bonds. The molecule has 0 saturated carbocycles.